The Balaban J connectivity index is 3.91. The predicted octanol–water partition coefficient (Wildman–Crippen LogP) is 23.8. The smallest absolute Gasteiger partial charge is 0.306 e. The minimum atomic E-state index is -0.763. The Kier molecular flexibility index (Phi) is 64.6. The molecule has 0 aliphatic rings. The van der Waals surface area contributed by atoms with E-state index >= 15 is 0 Å². The summed E-state index contributed by atoms with van der Waals surface area (Å²) in [6.45, 7) is 6.62. The van der Waals surface area contributed by atoms with E-state index in [2.05, 4.69) is 45.1 Å². The van der Waals surface area contributed by atoms with E-state index in [1.165, 1.54) is 283 Å². The van der Waals surface area contributed by atoms with E-state index in [0.717, 1.165) is 70.6 Å². The molecule has 1 unspecified atom stereocenters. The van der Waals surface area contributed by atoms with Gasteiger partial charge in [0.2, 0.25) is 0 Å². The fourth-order valence-corrected chi connectivity index (χ4v) is 10.7. The summed E-state index contributed by atoms with van der Waals surface area (Å²) >= 11 is 0. The van der Waals surface area contributed by atoms with Gasteiger partial charge in [0.1, 0.15) is 13.2 Å². The molecule has 454 valence electrons. The van der Waals surface area contributed by atoms with Gasteiger partial charge < -0.3 is 14.2 Å². The topological polar surface area (TPSA) is 78.9 Å². The summed E-state index contributed by atoms with van der Waals surface area (Å²) < 4.78 is 16.8. The lowest BCUT2D eigenvalue weighted by atomic mass is 10.0. The van der Waals surface area contributed by atoms with Crippen molar-refractivity contribution in [1.29, 1.82) is 0 Å². The molecule has 0 amide bonds. The van der Waals surface area contributed by atoms with E-state index in [0.29, 0.717) is 19.3 Å². The van der Waals surface area contributed by atoms with Crippen LogP contribution in [0.1, 0.15) is 393 Å². The van der Waals surface area contributed by atoms with Gasteiger partial charge in [0, 0.05) is 19.3 Å². The van der Waals surface area contributed by atoms with Crippen LogP contribution in [0.2, 0.25) is 0 Å². The standard InChI is InChI=1S/C71H134O6/c1-4-7-10-13-15-17-19-21-23-25-27-29-31-32-33-34-35-36-37-38-40-41-43-45-47-49-51-53-55-58-61-64-70(73)76-67-68(66-75-69(72)63-60-57-12-9-6-3)77-71(74)65-62-59-56-54-52-50-48-46-44-42-39-30-28-26-24-22-20-18-16-14-11-8-5-2/h19,21,25,27,68H,4-18,20,22-24,26,28-67H2,1-3H3/b21-19-,27-25-. The van der Waals surface area contributed by atoms with Gasteiger partial charge in [-0.15, -0.1) is 0 Å². The van der Waals surface area contributed by atoms with Crippen LogP contribution in [0.15, 0.2) is 24.3 Å². The summed E-state index contributed by atoms with van der Waals surface area (Å²) in [4.78, 5) is 38.0. The summed E-state index contributed by atoms with van der Waals surface area (Å²) in [6.07, 6.45) is 81.3. The van der Waals surface area contributed by atoms with Crippen molar-refractivity contribution < 1.29 is 28.6 Å². The minimum Gasteiger partial charge on any atom is -0.462 e. The number of hydrogen-bond acceptors (Lipinski definition) is 6. The molecule has 0 N–H and O–H groups in total. The summed E-state index contributed by atoms with van der Waals surface area (Å²) in [6, 6.07) is 0. The highest BCUT2D eigenvalue weighted by Crippen LogP contribution is 2.19. The molecule has 0 bridgehead atoms. The maximum Gasteiger partial charge on any atom is 0.306 e. The van der Waals surface area contributed by atoms with Crippen LogP contribution in [0.4, 0.5) is 0 Å². The van der Waals surface area contributed by atoms with Crippen LogP contribution >= 0.6 is 0 Å². The predicted molar refractivity (Wildman–Crippen MR) is 335 cm³/mol. The largest absolute Gasteiger partial charge is 0.462 e. The Bertz CT molecular complexity index is 1240. The molecule has 6 nitrogen and oxygen atoms in total. The summed E-state index contributed by atoms with van der Waals surface area (Å²) in [5, 5.41) is 0. The van der Waals surface area contributed by atoms with Gasteiger partial charge in [0.05, 0.1) is 0 Å². The zero-order valence-corrected chi connectivity index (χ0v) is 52.3. The molecule has 0 aromatic heterocycles. The molecule has 77 heavy (non-hydrogen) atoms. The van der Waals surface area contributed by atoms with Crippen molar-refractivity contribution in [1.82, 2.24) is 0 Å². The molecule has 0 spiro atoms. The maximum absolute atomic E-state index is 12.8. The van der Waals surface area contributed by atoms with Gasteiger partial charge >= 0.3 is 17.9 Å². The van der Waals surface area contributed by atoms with Crippen molar-refractivity contribution >= 4 is 17.9 Å². The lowest BCUT2D eigenvalue weighted by molar-refractivity contribution is -0.167. The van der Waals surface area contributed by atoms with Gasteiger partial charge in [-0.1, -0.05) is 347 Å². The third-order valence-electron chi connectivity index (χ3n) is 16.0. The van der Waals surface area contributed by atoms with Crippen LogP contribution < -0.4 is 0 Å². The molecular formula is C71H134O6. The van der Waals surface area contributed by atoms with Crippen molar-refractivity contribution in [3.05, 3.63) is 24.3 Å². The normalized spacial score (nSPS) is 12.1. The number of allylic oxidation sites excluding steroid dienone is 4. The van der Waals surface area contributed by atoms with Gasteiger partial charge in [-0.05, 0) is 51.4 Å². The summed E-state index contributed by atoms with van der Waals surface area (Å²) in [5.41, 5.74) is 0. The SMILES string of the molecule is CCCCCCC/C=C\C/C=C\CCCCCCCCCCCCCCCCCCCCCC(=O)OCC(COC(=O)CCCCCCC)OC(=O)CCCCCCCCCCCCCCCCCCCCCCCCC. The first-order valence-electron chi connectivity index (χ1n) is 34.8. The fraction of sp³-hybridized carbons (Fsp3) is 0.901. The highest BCUT2D eigenvalue weighted by Gasteiger charge is 2.19. The molecule has 0 aliphatic carbocycles. The highest BCUT2D eigenvalue weighted by atomic mass is 16.6. The third-order valence-corrected chi connectivity index (χ3v) is 16.0. The van der Waals surface area contributed by atoms with Crippen molar-refractivity contribution in [2.45, 2.75) is 399 Å². The van der Waals surface area contributed by atoms with E-state index in [-0.39, 0.29) is 31.1 Å². The number of unbranched alkanes of at least 4 members (excludes halogenated alkanes) is 50. The molecule has 0 saturated heterocycles. The number of ether oxygens (including phenoxy) is 3. The molecule has 0 heterocycles. The number of carbonyl (C=O) groups excluding carboxylic acids is 3. The highest BCUT2D eigenvalue weighted by molar-refractivity contribution is 5.71. The van der Waals surface area contributed by atoms with E-state index in [9.17, 15) is 14.4 Å². The second-order valence-electron chi connectivity index (χ2n) is 23.8. The Morgan fingerprint density at radius 1 is 0.260 bits per heavy atom. The number of rotatable bonds is 65. The summed E-state index contributed by atoms with van der Waals surface area (Å²) in [7, 11) is 0. The number of hydrogen-bond donors (Lipinski definition) is 0. The molecule has 0 aromatic rings. The van der Waals surface area contributed by atoms with Gasteiger partial charge in [-0.3, -0.25) is 14.4 Å². The zero-order valence-electron chi connectivity index (χ0n) is 52.3. The monoisotopic (exact) mass is 1080 g/mol. The van der Waals surface area contributed by atoms with Crippen molar-refractivity contribution in [3.63, 3.8) is 0 Å². The van der Waals surface area contributed by atoms with Crippen LogP contribution in [0.25, 0.3) is 0 Å². The molecule has 6 heteroatoms. The average Bonchev–Trinajstić information content (AvgIpc) is 3.43. The van der Waals surface area contributed by atoms with Crippen molar-refractivity contribution in [3.8, 4) is 0 Å². The first-order valence-corrected chi connectivity index (χ1v) is 34.8. The Morgan fingerprint density at radius 2 is 0.468 bits per heavy atom. The van der Waals surface area contributed by atoms with Crippen LogP contribution in [0.5, 0.6) is 0 Å². The Labute approximate surface area is 481 Å². The first kappa shape index (κ1) is 74.9. The second kappa shape index (κ2) is 66.4. The Hall–Kier alpha value is -2.11. The molecule has 0 aromatic carbocycles. The second-order valence-corrected chi connectivity index (χ2v) is 23.8. The molecule has 0 saturated carbocycles. The molecule has 0 fully saturated rings. The first-order chi connectivity index (χ1) is 38.0. The molecular weight excluding hydrogens is 949 g/mol. The molecule has 0 radical (unpaired) electrons. The maximum atomic E-state index is 12.8. The van der Waals surface area contributed by atoms with Gasteiger partial charge in [0.15, 0.2) is 6.10 Å². The van der Waals surface area contributed by atoms with Crippen LogP contribution in [-0.2, 0) is 28.6 Å². The third kappa shape index (κ3) is 64.6. The van der Waals surface area contributed by atoms with E-state index in [4.69, 9.17) is 14.2 Å². The van der Waals surface area contributed by atoms with E-state index in [1.54, 1.807) is 0 Å². The van der Waals surface area contributed by atoms with E-state index < -0.39 is 6.10 Å². The van der Waals surface area contributed by atoms with E-state index in [1.807, 2.05) is 0 Å². The minimum absolute atomic E-state index is 0.0649. The Morgan fingerprint density at radius 3 is 0.714 bits per heavy atom. The molecule has 0 rings (SSSR count). The lowest BCUT2D eigenvalue weighted by Gasteiger charge is -2.18. The lowest BCUT2D eigenvalue weighted by Crippen LogP contribution is -2.30. The van der Waals surface area contributed by atoms with Crippen LogP contribution in [-0.4, -0.2) is 37.2 Å². The number of esters is 3. The van der Waals surface area contributed by atoms with Gasteiger partial charge in [-0.25, -0.2) is 0 Å². The fourth-order valence-electron chi connectivity index (χ4n) is 10.7. The molecule has 1 atom stereocenters. The number of carbonyl (C=O) groups is 3. The molecule has 0 aliphatic heterocycles. The van der Waals surface area contributed by atoms with Crippen molar-refractivity contribution in [2.75, 3.05) is 13.2 Å². The van der Waals surface area contributed by atoms with Crippen LogP contribution in [0, 0.1) is 0 Å². The van der Waals surface area contributed by atoms with Crippen molar-refractivity contribution in [2.24, 2.45) is 0 Å². The zero-order chi connectivity index (χ0) is 55.7. The average molecular weight is 1080 g/mol. The van der Waals surface area contributed by atoms with Gasteiger partial charge in [-0.2, -0.15) is 0 Å². The quantitative estimate of drug-likeness (QED) is 0.0261. The van der Waals surface area contributed by atoms with Gasteiger partial charge in [0.25, 0.3) is 0 Å². The van der Waals surface area contributed by atoms with Crippen LogP contribution in [0.3, 0.4) is 0 Å². The summed E-state index contributed by atoms with van der Waals surface area (Å²) in [5.74, 6) is -0.850.